The Bertz CT molecular complexity index is 534. The van der Waals surface area contributed by atoms with Gasteiger partial charge in [0.05, 0.1) is 6.61 Å². The zero-order valence-electron chi connectivity index (χ0n) is 9.37. The summed E-state index contributed by atoms with van der Waals surface area (Å²) in [6, 6.07) is 9.22. The molecule has 0 bridgehead atoms. The van der Waals surface area contributed by atoms with Gasteiger partial charge in [0.25, 0.3) is 0 Å². The molecule has 0 saturated heterocycles. The number of rotatable bonds is 3. The summed E-state index contributed by atoms with van der Waals surface area (Å²) in [4.78, 5) is 14.4. The van der Waals surface area contributed by atoms with Crippen LogP contribution in [0.1, 0.15) is 17.4 Å². The standard InChI is InChI=1S/C13H12ClNO2/c1-2-17-13(16)12-7-9(8-15-12)10-5-3-4-6-11(10)14/h3-8,15H,2H2,1H3. The van der Waals surface area contributed by atoms with E-state index in [4.69, 9.17) is 16.3 Å². The molecular formula is C13H12ClNO2. The molecule has 0 atom stereocenters. The van der Waals surface area contributed by atoms with E-state index in [-0.39, 0.29) is 5.97 Å². The van der Waals surface area contributed by atoms with Gasteiger partial charge >= 0.3 is 5.97 Å². The predicted molar refractivity (Wildman–Crippen MR) is 67.2 cm³/mol. The van der Waals surface area contributed by atoms with Gasteiger partial charge in [0.1, 0.15) is 5.69 Å². The third-order valence-electron chi connectivity index (χ3n) is 2.36. The summed E-state index contributed by atoms with van der Waals surface area (Å²) in [7, 11) is 0. The smallest absolute Gasteiger partial charge is 0.354 e. The van der Waals surface area contributed by atoms with Crippen LogP contribution in [-0.4, -0.2) is 17.6 Å². The first-order chi connectivity index (χ1) is 8.22. The molecule has 2 rings (SSSR count). The fourth-order valence-electron chi connectivity index (χ4n) is 1.57. The molecular weight excluding hydrogens is 238 g/mol. The molecule has 1 N–H and O–H groups in total. The monoisotopic (exact) mass is 249 g/mol. The number of hydrogen-bond donors (Lipinski definition) is 1. The predicted octanol–water partition coefficient (Wildman–Crippen LogP) is 3.51. The largest absolute Gasteiger partial charge is 0.461 e. The molecule has 0 saturated carbocycles. The van der Waals surface area contributed by atoms with Gasteiger partial charge in [-0.3, -0.25) is 0 Å². The molecule has 3 nitrogen and oxygen atoms in total. The Morgan fingerprint density at radius 1 is 1.41 bits per heavy atom. The van der Waals surface area contributed by atoms with E-state index >= 15 is 0 Å². The lowest BCUT2D eigenvalue weighted by atomic mass is 10.1. The fourth-order valence-corrected chi connectivity index (χ4v) is 1.82. The second kappa shape index (κ2) is 5.06. The molecule has 0 amide bonds. The zero-order valence-corrected chi connectivity index (χ0v) is 10.1. The van der Waals surface area contributed by atoms with E-state index in [2.05, 4.69) is 4.98 Å². The number of nitrogens with one attached hydrogen (secondary N) is 1. The molecule has 2 aromatic rings. The number of aromatic nitrogens is 1. The van der Waals surface area contributed by atoms with Gasteiger partial charge in [0.2, 0.25) is 0 Å². The van der Waals surface area contributed by atoms with Crippen molar-refractivity contribution in [2.24, 2.45) is 0 Å². The number of carbonyl (C=O) groups excluding carboxylic acids is 1. The minimum absolute atomic E-state index is 0.356. The van der Waals surface area contributed by atoms with Gasteiger partial charge in [0, 0.05) is 22.3 Å². The third kappa shape index (κ3) is 2.50. The molecule has 1 heterocycles. The second-order valence-electron chi connectivity index (χ2n) is 3.50. The van der Waals surface area contributed by atoms with E-state index in [9.17, 15) is 4.79 Å². The van der Waals surface area contributed by atoms with Crippen molar-refractivity contribution >= 4 is 17.6 Å². The van der Waals surface area contributed by atoms with Crippen molar-refractivity contribution in [3.05, 3.63) is 47.2 Å². The van der Waals surface area contributed by atoms with Crippen LogP contribution >= 0.6 is 11.6 Å². The average Bonchev–Trinajstić information content (AvgIpc) is 2.79. The molecule has 0 aliphatic heterocycles. The summed E-state index contributed by atoms with van der Waals surface area (Å²) in [6.45, 7) is 2.13. The number of ether oxygens (including phenoxy) is 1. The minimum Gasteiger partial charge on any atom is -0.461 e. The molecule has 1 aromatic carbocycles. The van der Waals surface area contributed by atoms with Crippen LogP contribution < -0.4 is 0 Å². The van der Waals surface area contributed by atoms with E-state index in [1.807, 2.05) is 24.3 Å². The van der Waals surface area contributed by atoms with Crippen LogP contribution in [0.15, 0.2) is 36.5 Å². The Morgan fingerprint density at radius 2 is 2.18 bits per heavy atom. The average molecular weight is 250 g/mol. The Labute approximate surface area is 104 Å². The van der Waals surface area contributed by atoms with Gasteiger partial charge in [-0.25, -0.2) is 4.79 Å². The van der Waals surface area contributed by atoms with E-state index in [0.717, 1.165) is 11.1 Å². The molecule has 0 unspecified atom stereocenters. The second-order valence-corrected chi connectivity index (χ2v) is 3.91. The minimum atomic E-state index is -0.356. The van der Waals surface area contributed by atoms with Crippen LogP contribution in [0, 0.1) is 0 Å². The summed E-state index contributed by atoms with van der Waals surface area (Å²) in [5.41, 5.74) is 2.20. The number of halogens is 1. The van der Waals surface area contributed by atoms with E-state index in [1.165, 1.54) is 0 Å². The highest BCUT2D eigenvalue weighted by atomic mass is 35.5. The highest BCUT2D eigenvalue weighted by molar-refractivity contribution is 6.33. The maximum Gasteiger partial charge on any atom is 0.354 e. The summed E-state index contributed by atoms with van der Waals surface area (Å²) >= 11 is 6.08. The lowest BCUT2D eigenvalue weighted by Gasteiger charge is -1.99. The number of H-pyrrole nitrogens is 1. The van der Waals surface area contributed by atoms with Gasteiger partial charge in [-0.05, 0) is 19.1 Å². The maximum atomic E-state index is 11.5. The summed E-state index contributed by atoms with van der Waals surface area (Å²) in [5.74, 6) is -0.356. The van der Waals surface area contributed by atoms with Crippen LogP contribution in [0.5, 0.6) is 0 Å². The van der Waals surface area contributed by atoms with Gasteiger partial charge in [0.15, 0.2) is 0 Å². The molecule has 0 aliphatic carbocycles. The molecule has 0 spiro atoms. The summed E-state index contributed by atoms with van der Waals surface area (Å²) in [6.07, 6.45) is 1.74. The van der Waals surface area contributed by atoms with Crippen molar-refractivity contribution in [1.29, 1.82) is 0 Å². The highest BCUT2D eigenvalue weighted by Gasteiger charge is 2.11. The fraction of sp³-hybridized carbons (Fsp3) is 0.154. The van der Waals surface area contributed by atoms with Gasteiger partial charge in [-0.1, -0.05) is 29.8 Å². The lowest BCUT2D eigenvalue weighted by Crippen LogP contribution is -2.04. The van der Waals surface area contributed by atoms with Crippen molar-refractivity contribution in [3.63, 3.8) is 0 Å². The van der Waals surface area contributed by atoms with E-state index < -0.39 is 0 Å². The first-order valence-electron chi connectivity index (χ1n) is 5.33. The van der Waals surface area contributed by atoms with Crippen molar-refractivity contribution < 1.29 is 9.53 Å². The van der Waals surface area contributed by atoms with Crippen LogP contribution in [0.25, 0.3) is 11.1 Å². The van der Waals surface area contributed by atoms with Crippen LogP contribution in [0.4, 0.5) is 0 Å². The summed E-state index contributed by atoms with van der Waals surface area (Å²) < 4.78 is 4.90. The number of benzene rings is 1. The molecule has 0 aliphatic rings. The van der Waals surface area contributed by atoms with E-state index in [1.54, 1.807) is 19.2 Å². The molecule has 88 valence electrons. The zero-order chi connectivity index (χ0) is 12.3. The Morgan fingerprint density at radius 3 is 2.88 bits per heavy atom. The molecule has 0 fully saturated rings. The van der Waals surface area contributed by atoms with Crippen molar-refractivity contribution in [2.75, 3.05) is 6.61 Å². The number of aromatic amines is 1. The Hall–Kier alpha value is -1.74. The van der Waals surface area contributed by atoms with Gasteiger partial charge in [-0.15, -0.1) is 0 Å². The first kappa shape index (κ1) is 11.7. The van der Waals surface area contributed by atoms with Crippen molar-refractivity contribution in [2.45, 2.75) is 6.92 Å². The Balaban J connectivity index is 2.30. The maximum absolute atomic E-state index is 11.5. The number of esters is 1. The van der Waals surface area contributed by atoms with Gasteiger partial charge in [-0.2, -0.15) is 0 Å². The SMILES string of the molecule is CCOC(=O)c1cc(-c2ccccc2Cl)c[nH]1. The Kier molecular flexibility index (Phi) is 3.49. The summed E-state index contributed by atoms with van der Waals surface area (Å²) in [5, 5.41) is 0.655. The number of carbonyl (C=O) groups is 1. The topological polar surface area (TPSA) is 42.1 Å². The van der Waals surface area contributed by atoms with Crippen molar-refractivity contribution in [3.8, 4) is 11.1 Å². The lowest BCUT2D eigenvalue weighted by molar-refractivity contribution is 0.0520. The molecule has 4 heteroatoms. The number of hydrogen-bond acceptors (Lipinski definition) is 2. The van der Waals surface area contributed by atoms with Crippen LogP contribution in [-0.2, 0) is 4.74 Å². The van der Waals surface area contributed by atoms with Crippen LogP contribution in [0.3, 0.4) is 0 Å². The normalized spacial score (nSPS) is 10.2. The van der Waals surface area contributed by atoms with Gasteiger partial charge < -0.3 is 9.72 Å². The quantitative estimate of drug-likeness (QED) is 0.846. The molecule has 0 radical (unpaired) electrons. The third-order valence-corrected chi connectivity index (χ3v) is 2.69. The van der Waals surface area contributed by atoms with E-state index in [0.29, 0.717) is 17.3 Å². The highest BCUT2D eigenvalue weighted by Crippen LogP contribution is 2.27. The molecule has 17 heavy (non-hydrogen) atoms. The van der Waals surface area contributed by atoms with Crippen molar-refractivity contribution in [1.82, 2.24) is 4.98 Å². The first-order valence-corrected chi connectivity index (χ1v) is 5.70. The molecule has 1 aromatic heterocycles. The van der Waals surface area contributed by atoms with Crippen LogP contribution in [0.2, 0.25) is 5.02 Å².